The molecule has 0 aliphatic carbocycles. The largest absolute Gasteiger partial charge is 0.370 e. The van der Waals surface area contributed by atoms with Gasteiger partial charge in [0.25, 0.3) is 0 Å². The molecule has 0 saturated carbocycles. The van der Waals surface area contributed by atoms with Crippen molar-refractivity contribution in [2.24, 2.45) is 10.7 Å². The first kappa shape index (κ1) is 17.7. The maximum atomic E-state index is 11.9. The van der Waals surface area contributed by atoms with Crippen molar-refractivity contribution in [2.45, 2.75) is 26.2 Å². The van der Waals surface area contributed by atoms with Gasteiger partial charge in [0.1, 0.15) is 6.54 Å². The lowest BCUT2D eigenvalue weighted by molar-refractivity contribution is -0.130. The van der Waals surface area contributed by atoms with Crippen LogP contribution >= 0.6 is 24.0 Å². The van der Waals surface area contributed by atoms with Gasteiger partial charge < -0.3 is 16.0 Å². The molecule has 0 spiro atoms. The van der Waals surface area contributed by atoms with Crippen LogP contribution in [0.1, 0.15) is 24.8 Å². The molecular formula is C15H23IN4O. The Morgan fingerprint density at radius 1 is 1.33 bits per heavy atom. The Bertz CT molecular complexity index is 498. The van der Waals surface area contributed by atoms with E-state index in [9.17, 15) is 4.79 Å². The fourth-order valence-corrected chi connectivity index (χ4v) is 2.31. The lowest BCUT2D eigenvalue weighted by Gasteiger charge is -2.26. The third-order valence-electron chi connectivity index (χ3n) is 3.38. The number of nitrogens with one attached hydrogen (secondary N) is 1. The van der Waals surface area contributed by atoms with Gasteiger partial charge in [-0.25, -0.2) is 4.99 Å². The Morgan fingerprint density at radius 2 is 2.05 bits per heavy atom. The highest BCUT2D eigenvalue weighted by Crippen LogP contribution is 2.10. The number of aliphatic imine (C=N–C) groups is 1. The predicted octanol–water partition coefficient (Wildman–Crippen LogP) is 2.35. The molecule has 1 aromatic rings. The van der Waals surface area contributed by atoms with Gasteiger partial charge in [-0.1, -0.05) is 12.1 Å². The summed E-state index contributed by atoms with van der Waals surface area (Å²) < 4.78 is 0. The van der Waals surface area contributed by atoms with Crippen LogP contribution in [0.2, 0.25) is 0 Å². The maximum Gasteiger partial charge on any atom is 0.244 e. The molecule has 1 aliphatic heterocycles. The summed E-state index contributed by atoms with van der Waals surface area (Å²) in [7, 11) is 0. The van der Waals surface area contributed by atoms with Gasteiger partial charge in [0.15, 0.2) is 5.96 Å². The number of anilines is 1. The number of carbonyl (C=O) groups excluding carboxylic acids is 1. The summed E-state index contributed by atoms with van der Waals surface area (Å²) in [5.41, 5.74) is 7.83. The molecule has 0 atom stereocenters. The zero-order chi connectivity index (χ0) is 14.4. The number of likely N-dealkylation sites (tertiary alicyclic amines) is 1. The van der Waals surface area contributed by atoms with Gasteiger partial charge in [-0.2, -0.15) is 0 Å². The van der Waals surface area contributed by atoms with E-state index in [2.05, 4.69) is 10.3 Å². The van der Waals surface area contributed by atoms with Crippen LogP contribution in [0.5, 0.6) is 0 Å². The second-order valence-electron chi connectivity index (χ2n) is 5.14. The number of rotatable bonds is 3. The number of halogens is 1. The number of nitrogens with zero attached hydrogens (tertiary/aromatic N) is 2. The molecule has 0 radical (unpaired) electrons. The average molecular weight is 402 g/mol. The Labute approximate surface area is 143 Å². The Kier molecular flexibility index (Phi) is 7.49. The van der Waals surface area contributed by atoms with Gasteiger partial charge in [0.2, 0.25) is 5.91 Å². The van der Waals surface area contributed by atoms with Gasteiger partial charge in [0.05, 0.1) is 0 Å². The summed E-state index contributed by atoms with van der Waals surface area (Å²) in [5, 5.41) is 3.00. The number of hydrogen-bond donors (Lipinski definition) is 2. The number of guanidine groups is 1. The van der Waals surface area contributed by atoms with E-state index in [1.807, 2.05) is 36.1 Å². The van der Waals surface area contributed by atoms with E-state index in [0.29, 0.717) is 0 Å². The van der Waals surface area contributed by atoms with E-state index < -0.39 is 0 Å². The third-order valence-corrected chi connectivity index (χ3v) is 3.38. The monoisotopic (exact) mass is 402 g/mol. The Morgan fingerprint density at radius 3 is 2.71 bits per heavy atom. The normalized spacial score (nSPS) is 15.3. The Hall–Kier alpha value is -1.31. The number of nitrogens with two attached hydrogens (primary N) is 1. The highest BCUT2D eigenvalue weighted by molar-refractivity contribution is 14.0. The van der Waals surface area contributed by atoms with Gasteiger partial charge in [-0.15, -0.1) is 24.0 Å². The second-order valence-corrected chi connectivity index (χ2v) is 5.14. The van der Waals surface area contributed by atoms with Crippen LogP contribution in [0.25, 0.3) is 0 Å². The van der Waals surface area contributed by atoms with Crippen molar-refractivity contribution in [1.29, 1.82) is 0 Å². The summed E-state index contributed by atoms with van der Waals surface area (Å²) in [6, 6.07) is 7.86. The molecule has 0 unspecified atom stereocenters. The minimum absolute atomic E-state index is 0. The van der Waals surface area contributed by atoms with Crippen molar-refractivity contribution in [3.8, 4) is 0 Å². The highest BCUT2D eigenvalue weighted by Gasteiger charge is 2.15. The average Bonchev–Trinajstić information content (AvgIpc) is 2.46. The van der Waals surface area contributed by atoms with Crippen molar-refractivity contribution in [2.75, 3.05) is 25.0 Å². The quantitative estimate of drug-likeness (QED) is 0.463. The summed E-state index contributed by atoms with van der Waals surface area (Å²) in [4.78, 5) is 17.9. The number of aryl methyl sites for hydroxylation is 1. The smallest absolute Gasteiger partial charge is 0.244 e. The lowest BCUT2D eigenvalue weighted by Crippen LogP contribution is -2.37. The summed E-state index contributed by atoms with van der Waals surface area (Å²) in [6.07, 6.45) is 3.39. The minimum atomic E-state index is 0. The van der Waals surface area contributed by atoms with Crippen LogP contribution in [-0.4, -0.2) is 36.4 Å². The van der Waals surface area contributed by atoms with E-state index in [-0.39, 0.29) is 42.4 Å². The molecule has 1 aromatic carbocycles. The maximum absolute atomic E-state index is 11.9. The summed E-state index contributed by atoms with van der Waals surface area (Å²) in [5.74, 6) is 0.333. The van der Waals surface area contributed by atoms with Crippen LogP contribution in [0.15, 0.2) is 29.3 Å². The first-order valence-electron chi connectivity index (χ1n) is 7.06. The number of piperidine rings is 1. The van der Waals surface area contributed by atoms with Crippen molar-refractivity contribution < 1.29 is 4.79 Å². The number of benzene rings is 1. The number of hydrogen-bond acceptors (Lipinski definition) is 2. The van der Waals surface area contributed by atoms with Crippen LogP contribution in [0.4, 0.5) is 5.69 Å². The summed E-state index contributed by atoms with van der Waals surface area (Å²) >= 11 is 0. The van der Waals surface area contributed by atoms with E-state index in [0.717, 1.165) is 37.2 Å². The van der Waals surface area contributed by atoms with E-state index >= 15 is 0 Å². The van der Waals surface area contributed by atoms with Crippen molar-refractivity contribution >= 4 is 41.5 Å². The fourth-order valence-electron chi connectivity index (χ4n) is 2.31. The molecular weight excluding hydrogens is 379 g/mol. The number of amides is 1. The summed E-state index contributed by atoms with van der Waals surface area (Å²) in [6.45, 7) is 3.82. The first-order chi connectivity index (χ1) is 9.65. The topological polar surface area (TPSA) is 70.7 Å². The second kappa shape index (κ2) is 8.86. The van der Waals surface area contributed by atoms with Gasteiger partial charge in [-0.05, 0) is 43.9 Å². The van der Waals surface area contributed by atoms with Gasteiger partial charge in [0, 0.05) is 18.8 Å². The zero-order valence-electron chi connectivity index (χ0n) is 12.3. The Balaban J connectivity index is 0.00000220. The van der Waals surface area contributed by atoms with Crippen LogP contribution in [-0.2, 0) is 4.79 Å². The predicted molar refractivity (Wildman–Crippen MR) is 97.1 cm³/mol. The van der Waals surface area contributed by atoms with E-state index in [1.54, 1.807) is 0 Å². The molecule has 0 bridgehead atoms. The zero-order valence-corrected chi connectivity index (χ0v) is 14.7. The molecule has 1 fully saturated rings. The van der Waals surface area contributed by atoms with E-state index in [4.69, 9.17) is 5.73 Å². The number of carbonyl (C=O) groups is 1. The fraction of sp³-hybridized carbons (Fsp3) is 0.467. The van der Waals surface area contributed by atoms with Crippen LogP contribution < -0.4 is 11.1 Å². The molecule has 3 N–H and O–H groups in total. The first-order valence-corrected chi connectivity index (χ1v) is 7.06. The molecule has 21 heavy (non-hydrogen) atoms. The molecule has 1 heterocycles. The van der Waals surface area contributed by atoms with Gasteiger partial charge in [-0.3, -0.25) is 4.79 Å². The van der Waals surface area contributed by atoms with Crippen molar-refractivity contribution in [3.05, 3.63) is 29.8 Å². The molecule has 5 nitrogen and oxygen atoms in total. The van der Waals surface area contributed by atoms with Crippen LogP contribution in [0, 0.1) is 6.92 Å². The van der Waals surface area contributed by atoms with Gasteiger partial charge >= 0.3 is 0 Å². The highest BCUT2D eigenvalue weighted by atomic mass is 127. The molecule has 1 aliphatic rings. The third kappa shape index (κ3) is 5.91. The minimum Gasteiger partial charge on any atom is -0.370 e. The van der Waals surface area contributed by atoms with Crippen LogP contribution in [0.3, 0.4) is 0 Å². The van der Waals surface area contributed by atoms with Crippen molar-refractivity contribution in [3.63, 3.8) is 0 Å². The molecule has 116 valence electrons. The lowest BCUT2D eigenvalue weighted by atomic mass is 10.1. The van der Waals surface area contributed by atoms with Crippen molar-refractivity contribution in [1.82, 2.24) is 4.90 Å². The molecule has 2 rings (SSSR count). The SMILES string of the molecule is Cc1cccc(NC(N)=NCC(=O)N2CCCCC2)c1.I. The molecule has 6 heteroatoms. The molecule has 0 aromatic heterocycles. The molecule has 1 amide bonds. The molecule has 1 saturated heterocycles. The van der Waals surface area contributed by atoms with E-state index in [1.165, 1.54) is 6.42 Å². The standard InChI is InChI=1S/C15H22N4O.HI/c1-12-6-5-7-13(10-12)18-15(16)17-11-14(20)19-8-3-2-4-9-19;/h5-7,10H,2-4,8-9,11H2,1H3,(H3,16,17,18);1H.